The first kappa shape index (κ1) is 23.2. The van der Waals surface area contributed by atoms with Gasteiger partial charge in [0.05, 0.1) is 11.8 Å². The molecule has 2 aromatic carbocycles. The van der Waals surface area contributed by atoms with Gasteiger partial charge in [0, 0.05) is 44.0 Å². The fraction of sp³-hybridized carbons (Fsp3) is 0.480. The number of anilines is 2. The van der Waals surface area contributed by atoms with Crippen LogP contribution in [0.25, 0.3) is 0 Å². The second-order valence-electron chi connectivity index (χ2n) is 8.49. The SMILES string of the molecule is CCCOC(C)c1ccc(C(=O)N(C)c2ccc(N3CCC(N(C)C)C3)c(F)c2)cc1. The van der Waals surface area contributed by atoms with Crippen molar-refractivity contribution in [1.29, 1.82) is 0 Å². The molecule has 0 bridgehead atoms. The molecule has 31 heavy (non-hydrogen) atoms. The van der Waals surface area contributed by atoms with Gasteiger partial charge in [-0.3, -0.25) is 4.79 Å². The Labute approximate surface area is 185 Å². The minimum atomic E-state index is -0.297. The van der Waals surface area contributed by atoms with Crippen molar-refractivity contribution in [2.45, 2.75) is 38.8 Å². The highest BCUT2D eigenvalue weighted by molar-refractivity contribution is 6.05. The van der Waals surface area contributed by atoms with Gasteiger partial charge in [0.2, 0.25) is 0 Å². The van der Waals surface area contributed by atoms with Crippen molar-refractivity contribution in [3.8, 4) is 0 Å². The first-order chi connectivity index (χ1) is 14.8. The molecule has 0 radical (unpaired) electrons. The molecule has 0 aliphatic carbocycles. The zero-order chi connectivity index (χ0) is 22.5. The van der Waals surface area contributed by atoms with Crippen LogP contribution in [-0.4, -0.2) is 57.7 Å². The van der Waals surface area contributed by atoms with Gasteiger partial charge >= 0.3 is 0 Å². The molecule has 1 saturated heterocycles. The molecular weight excluding hydrogens is 393 g/mol. The lowest BCUT2D eigenvalue weighted by Crippen LogP contribution is -2.31. The summed E-state index contributed by atoms with van der Waals surface area (Å²) in [5, 5.41) is 0. The number of likely N-dealkylation sites (N-methyl/N-ethyl adjacent to an activating group) is 1. The van der Waals surface area contributed by atoms with E-state index in [1.165, 1.54) is 11.0 Å². The lowest BCUT2D eigenvalue weighted by atomic mass is 10.1. The van der Waals surface area contributed by atoms with Gasteiger partial charge in [-0.2, -0.15) is 0 Å². The third kappa shape index (κ3) is 5.43. The molecule has 1 heterocycles. The van der Waals surface area contributed by atoms with Crippen LogP contribution in [0.5, 0.6) is 0 Å². The van der Waals surface area contributed by atoms with E-state index < -0.39 is 0 Å². The van der Waals surface area contributed by atoms with Gasteiger partial charge in [-0.1, -0.05) is 19.1 Å². The minimum Gasteiger partial charge on any atom is -0.374 e. The summed E-state index contributed by atoms with van der Waals surface area (Å²) in [5.41, 5.74) is 2.73. The molecule has 2 atom stereocenters. The van der Waals surface area contributed by atoms with Gasteiger partial charge in [0.1, 0.15) is 5.82 Å². The van der Waals surface area contributed by atoms with Crippen LogP contribution in [0.1, 0.15) is 48.7 Å². The van der Waals surface area contributed by atoms with E-state index in [1.54, 1.807) is 25.2 Å². The minimum absolute atomic E-state index is 0.0128. The molecule has 6 heteroatoms. The van der Waals surface area contributed by atoms with Crippen LogP contribution in [0.4, 0.5) is 15.8 Å². The highest BCUT2D eigenvalue weighted by Gasteiger charge is 2.26. The summed E-state index contributed by atoms with van der Waals surface area (Å²) < 4.78 is 20.6. The van der Waals surface area contributed by atoms with Gasteiger partial charge < -0.3 is 19.4 Å². The van der Waals surface area contributed by atoms with Crippen molar-refractivity contribution in [3.63, 3.8) is 0 Å². The number of rotatable bonds is 8. The Balaban J connectivity index is 1.69. The van der Waals surface area contributed by atoms with Gasteiger partial charge in [0.25, 0.3) is 5.91 Å². The summed E-state index contributed by atoms with van der Waals surface area (Å²) in [6.07, 6.45) is 1.97. The predicted molar refractivity (Wildman–Crippen MR) is 125 cm³/mol. The Morgan fingerprint density at radius 3 is 2.48 bits per heavy atom. The van der Waals surface area contributed by atoms with Crippen LogP contribution in [0, 0.1) is 5.82 Å². The quantitative estimate of drug-likeness (QED) is 0.610. The summed E-state index contributed by atoms with van der Waals surface area (Å²) in [5.74, 6) is -0.469. The maximum atomic E-state index is 14.9. The number of nitrogens with zero attached hydrogens (tertiary/aromatic N) is 3. The number of halogens is 1. The molecule has 168 valence electrons. The Kier molecular flexibility index (Phi) is 7.68. The molecule has 1 amide bonds. The van der Waals surface area contributed by atoms with Crippen LogP contribution < -0.4 is 9.80 Å². The second-order valence-corrected chi connectivity index (χ2v) is 8.49. The van der Waals surface area contributed by atoms with Crippen molar-refractivity contribution < 1.29 is 13.9 Å². The molecular formula is C25H34FN3O2. The number of amides is 1. The number of ether oxygens (including phenoxy) is 1. The molecule has 2 aromatic rings. The van der Waals surface area contributed by atoms with E-state index in [0.29, 0.717) is 29.6 Å². The lowest BCUT2D eigenvalue weighted by molar-refractivity contribution is 0.0662. The van der Waals surface area contributed by atoms with Crippen molar-refractivity contribution in [3.05, 3.63) is 59.4 Å². The first-order valence-corrected chi connectivity index (χ1v) is 11.0. The second kappa shape index (κ2) is 10.2. The molecule has 3 rings (SSSR count). The smallest absolute Gasteiger partial charge is 0.258 e. The van der Waals surface area contributed by atoms with E-state index in [0.717, 1.165) is 31.5 Å². The van der Waals surface area contributed by atoms with Gasteiger partial charge in [-0.05, 0) is 69.8 Å². The number of carbonyl (C=O) groups is 1. The van der Waals surface area contributed by atoms with Gasteiger partial charge in [-0.15, -0.1) is 0 Å². The predicted octanol–water partition coefficient (Wildman–Crippen LogP) is 4.73. The summed E-state index contributed by atoms with van der Waals surface area (Å²) in [6, 6.07) is 12.9. The number of hydrogen-bond acceptors (Lipinski definition) is 4. The Morgan fingerprint density at radius 1 is 1.19 bits per heavy atom. The third-order valence-electron chi connectivity index (χ3n) is 6.06. The Bertz CT molecular complexity index is 885. The molecule has 0 N–H and O–H groups in total. The molecule has 0 aromatic heterocycles. The number of hydrogen-bond donors (Lipinski definition) is 0. The van der Waals surface area contributed by atoms with Gasteiger partial charge in [0.15, 0.2) is 0 Å². The fourth-order valence-corrected chi connectivity index (χ4v) is 3.94. The lowest BCUT2D eigenvalue weighted by Gasteiger charge is -2.24. The van der Waals surface area contributed by atoms with Crippen molar-refractivity contribution in [2.75, 3.05) is 50.6 Å². The standard InChI is InChI=1S/C25H34FN3O2/c1-6-15-31-18(2)19-7-9-20(10-8-19)25(30)28(5)21-11-12-24(23(26)16-21)29-14-13-22(17-29)27(3)4/h7-12,16,18,22H,6,13-15,17H2,1-5H3. The summed E-state index contributed by atoms with van der Waals surface area (Å²) in [6.45, 7) is 6.43. The molecule has 5 nitrogen and oxygen atoms in total. The molecule has 2 unspecified atom stereocenters. The number of carbonyl (C=O) groups excluding carboxylic acids is 1. The van der Waals surface area contributed by atoms with Crippen LogP contribution in [-0.2, 0) is 4.74 Å². The maximum Gasteiger partial charge on any atom is 0.258 e. The van der Waals surface area contributed by atoms with E-state index in [9.17, 15) is 9.18 Å². The van der Waals surface area contributed by atoms with E-state index in [1.807, 2.05) is 25.1 Å². The first-order valence-electron chi connectivity index (χ1n) is 11.0. The van der Waals surface area contributed by atoms with Crippen LogP contribution in [0.15, 0.2) is 42.5 Å². The summed E-state index contributed by atoms with van der Waals surface area (Å²) >= 11 is 0. The Morgan fingerprint density at radius 2 is 1.90 bits per heavy atom. The Hall–Kier alpha value is -2.44. The van der Waals surface area contributed by atoms with Crippen LogP contribution in [0.3, 0.4) is 0 Å². The van der Waals surface area contributed by atoms with Crippen LogP contribution in [0.2, 0.25) is 0 Å². The average molecular weight is 428 g/mol. The van der Waals surface area contributed by atoms with Crippen molar-refractivity contribution in [1.82, 2.24) is 4.90 Å². The molecule has 0 saturated carbocycles. The molecule has 1 aliphatic rings. The van der Waals surface area contributed by atoms with Crippen LogP contribution >= 0.6 is 0 Å². The van der Waals surface area contributed by atoms with E-state index in [-0.39, 0.29) is 17.8 Å². The monoisotopic (exact) mass is 427 g/mol. The largest absolute Gasteiger partial charge is 0.374 e. The van der Waals surface area contributed by atoms with Crippen molar-refractivity contribution >= 4 is 17.3 Å². The zero-order valence-electron chi connectivity index (χ0n) is 19.3. The van der Waals surface area contributed by atoms with Crippen molar-refractivity contribution in [2.24, 2.45) is 0 Å². The molecule has 1 aliphatic heterocycles. The summed E-state index contributed by atoms with van der Waals surface area (Å²) in [4.78, 5) is 18.7. The fourth-order valence-electron chi connectivity index (χ4n) is 3.94. The van der Waals surface area contributed by atoms with E-state index in [2.05, 4.69) is 30.8 Å². The topological polar surface area (TPSA) is 36.0 Å². The average Bonchev–Trinajstić information content (AvgIpc) is 3.27. The third-order valence-corrected chi connectivity index (χ3v) is 6.06. The van der Waals surface area contributed by atoms with Gasteiger partial charge in [-0.25, -0.2) is 4.39 Å². The maximum absolute atomic E-state index is 14.9. The van der Waals surface area contributed by atoms with E-state index >= 15 is 0 Å². The number of benzene rings is 2. The highest BCUT2D eigenvalue weighted by Crippen LogP contribution is 2.29. The normalized spacial score (nSPS) is 17.3. The summed E-state index contributed by atoms with van der Waals surface area (Å²) in [7, 11) is 5.79. The molecule has 0 spiro atoms. The zero-order valence-corrected chi connectivity index (χ0v) is 19.3. The van der Waals surface area contributed by atoms with E-state index in [4.69, 9.17) is 4.74 Å². The highest BCUT2D eigenvalue weighted by atomic mass is 19.1. The molecule has 1 fully saturated rings.